The highest BCUT2D eigenvalue weighted by Crippen LogP contribution is 2.15. The Balaban J connectivity index is 2.61. The summed E-state index contributed by atoms with van der Waals surface area (Å²) in [5, 5.41) is 0. The van der Waals surface area contributed by atoms with Crippen LogP contribution in [0.2, 0.25) is 0 Å². The van der Waals surface area contributed by atoms with Gasteiger partial charge in [0.2, 0.25) is 0 Å². The third kappa shape index (κ3) is 3.10. The third-order valence-corrected chi connectivity index (χ3v) is 1.77. The predicted molar refractivity (Wildman–Crippen MR) is 47.0 cm³/mol. The summed E-state index contributed by atoms with van der Waals surface area (Å²) in [7, 11) is -3.80. The monoisotopic (exact) mass is 188 g/mol. The molecule has 0 saturated heterocycles. The van der Waals surface area contributed by atoms with Crippen LogP contribution in [0.4, 0.5) is 12.9 Å². The first-order valence-electron chi connectivity index (χ1n) is 3.94. The summed E-state index contributed by atoms with van der Waals surface area (Å²) in [5.74, 6) is 0. The molecule has 0 unspecified atom stereocenters. The predicted octanol–water partition coefficient (Wildman–Crippen LogP) is 2.46. The maximum Gasteiger partial charge on any atom is 0.567 e. The fraction of sp³-hybridized carbons (Fsp3) is 0.250. The average molecular weight is 188 g/mol. The van der Waals surface area contributed by atoms with Gasteiger partial charge < -0.3 is 17.8 Å². The Kier molecular flexibility index (Phi) is 2.98. The van der Waals surface area contributed by atoms with Crippen molar-refractivity contribution in [1.82, 2.24) is 4.81 Å². The van der Waals surface area contributed by atoms with Gasteiger partial charge in [-0.25, -0.2) is 0 Å². The van der Waals surface area contributed by atoms with Crippen molar-refractivity contribution < 1.29 is 12.9 Å². The molecule has 0 aliphatic rings. The molecule has 1 aromatic carbocycles. The van der Waals surface area contributed by atoms with Crippen LogP contribution < -0.4 is 0 Å². The second-order valence-electron chi connectivity index (χ2n) is 2.94. The van der Waals surface area contributed by atoms with Crippen molar-refractivity contribution in [1.29, 1.82) is 0 Å². The van der Waals surface area contributed by atoms with Crippen LogP contribution in [0.1, 0.15) is 5.56 Å². The summed E-state index contributed by atoms with van der Waals surface area (Å²) >= 11 is 0. The van der Waals surface area contributed by atoms with E-state index in [4.69, 9.17) is 0 Å². The maximum atomic E-state index is 12.1. The van der Waals surface area contributed by atoms with E-state index >= 15 is 0 Å². The molecule has 0 aliphatic heterocycles. The van der Waals surface area contributed by atoms with Crippen molar-refractivity contribution in [3.63, 3.8) is 0 Å². The van der Waals surface area contributed by atoms with Crippen LogP contribution >= 0.6 is 0 Å². The van der Waals surface area contributed by atoms with Gasteiger partial charge in [0.25, 0.3) is 0 Å². The molecule has 13 heavy (non-hydrogen) atoms. The zero-order valence-electron chi connectivity index (χ0n) is 7.25. The number of hydrogen-bond acceptors (Lipinski definition) is 1. The second-order valence-corrected chi connectivity index (χ2v) is 2.94. The summed E-state index contributed by atoms with van der Waals surface area (Å²) in [5.41, 5.74) is 0.671. The van der Waals surface area contributed by atoms with Crippen molar-refractivity contribution in [2.24, 2.45) is 0 Å². The molecular formula is C8H10BF3N-. The highest BCUT2D eigenvalue weighted by molar-refractivity contribution is 6.55. The lowest BCUT2D eigenvalue weighted by molar-refractivity contribution is 0.304. The lowest BCUT2D eigenvalue weighted by Crippen LogP contribution is -2.39. The highest BCUT2D eigenvalue weighted by atomic mass is 19.4. The SMILES string of the molecule is CN(Cc1ccccc1)[B-](F)(F)F. The van der Waals surface area contributed by atoms with E-state index in [2.05, 4.69) is 0 Å². The zero-order chi connectivity index (χ0) is 9.90. The molecule has 0 heterocycles. The molecule has 0 saturated carbocycles. The third-order valence-electron chi connectivity index (χ3n) is 1.77. The Morgan fingerprint density at radius 3 is 2.15 bits per heavy atom. The van der Waals surface area contributed by atoms with E-state index in [0.29, 0.717) is 10.4 Å². The lowest BCUT2D eigenvalue weighted by atomic mass is 10.1. The quantitative estimate of drug-likeness (QED) is 0.658. The van der Waals surface area contributed by atoms with Crippen LogP contribution in [0.3, 0.4) is 0 Å². The zero-order valence-corrected chi connectivity index (χ0v) is 7.25. The van der Waals surface area contributed by atoms with Gasteiger partial charge in [0.1, 0.15) is 0 Å². The first-order chi connectivity index (χ1) is 6.00. The summed E-state index contributed by atoms with van der Waals surface area (Å²) in [6.07, 6.45) is 0. The number of nitrogens with zero attached hydrogens (tertiary/aromatic N) is 1. The molecule has 0 amide bonds. The summed E-state index contributed by atoms with van der Waals surface area (Å²) in [4.78, 5) is 0.412. The fourth-order valence-corrected chi connectivity index (χ4v) is 0.975. The molecule has 0 atom stereocenters. The van der Waals surface area contributed by atoms with Crippen molar-refractivity contribution in [3.8, 4) is 0 Å². The second kappa shape index (κ2) is 3.83. The minimum atomic E-state index is -4.86. The number of hydrogen-bond donors (Lipinski definition) is 0. The van der Waals surface area contributed by atoms with E-state index in [0.717, 1.165) is 7.05 Å². The molecule has 0 aliphatic carbocycles. The first-order valence-corrected chi connectivity index (χ1v) is 3.94. The van der Waals surface area contributed by atoms with Crippen LogP contribution in [0, 0.1) is 0 Å². The summed E-state index contributed by atoms with van der Waals surface area (Å²) in [6, 6.07) is 8.60. The van der Waals surface area contributed by atoms with Gasteiger partial charge in [0.15, 0.2) is 0 Å². The minimum Gasteiger partial charge on any atom is -0.434 e. The van der Waals surface area contributed by atoms with E-state index in [-0.39, 0.29) is 6.54 Å². The smallest absolute Gasteiger partial charge is 0.434 e. The maximum absolute atomic E-state index is 12.1. The number of rotatable bonds is 3. The molecule has 5 heteroatoms. The van der Waals surface area contributed by atoms with E-state index in [1.165, 1.54) is 0 Å². The van der Waals surface area contributed by atoms with Crippen molar-refractivity contribution in [2.75, 3.05) is 7.05 Å². The molecule has 0 spiro atoms. The average Bonchev–Trinajstić information content (AvgIpc) is 2.04. The molecule has 1 aromatic rings. The Morgan fingerprint density at radius 1 is 1.15 bits per heavy atom. The molecule has 1 nitrogen and oxygen atoms in total. The van der Waals surface area contributed by atoms with E-state index in [1.54, 1.807) is 30.3 Å². The summed E-state index contributed by atoms with van der Waals surface area (Å²) in [6.45, 7) is -0.0790. The van der Waals surface area contributed by atoms with Gasteiger partial charge in [0.05, 0.1) is 0 Å². The molecule has 0 N–H and O–H groups in total. The van der Waals surface area contributed by atoms with Crippen molar-refractivity contribution in [3.05, 3.63) is 35.9 Å². The van der Waals surface area contributed by atoms with Gasteiger partial charge in [-0.2, -0.15) is 0 Å². The van der Waals surface area contributed by atoms with Crippen molar-refractivity contribution >= 4 is 7.11 Å². The van der Waals surface area contributed by atoms with Gasteiger partial charge in [-0.3, -0.25) is 0 Å². The van der Waals surface area contributed by atoms with E-state index < -0.39 is 7.11 Å². The molecule has 72 valence electrons. The van der Waals surface area contributed by atoms with Crippen molar-refractivity contribution in [2.45, 2.75) is 6.54 Å². The number of benzene rings is 1. The first kappa shape index (κ1) is 10.1. The topological polar surface area (TPSA) is 3.24 Å². The standard InChI is InChI=1S/C8H10BF3N/c1-13(9(10,11)12)7-8-5-3-2-4-6-8/h2-6H,7H2,1H3/q-1. The van der Waals surface area contributed by atoms with Gasteiger partial charge in [-0.1, -0.05) is 30.3 Å². The Bertz CT molecular complexity index is 260. The molecule has 0 bridgehead atoms. The lowest BCUT2D eigenvalue weighted by Gasteiger charge is -2.28. The van der Waals surface area contributed by atoms with Crippen LogP contribution in [0.5, 0.6) is 0 Å². The normalized spacial score (nSPS) is 12.1. The highest BCUT2D eigenvalue weighted by Gasteiger charge is 2.29. The van der Waals surface area contributed by atoms with Gasteiger partial charge in [0, 0.05) is 0 Å². The fourth-order valence-electron chi connectivity index (χ4n) is 0.975. The van der Waals surface area contributed by atoms with Crippen LogP contribution in [-0.2, 0) is 6.54 Å². The van der Waals surface area contributed by atoms with E-state index in [1.807, 2.05) is 0 Å². The van der Waals surface area contributed by atoms with E-state index in [9.17, 15) is 12.9 Å². The molecule has 0 aromatic heterocycles. The number of halogens is 3. The van der Waals surface area contributed by atoms with Gasteiger partial charge in [-0.15, -0.1) is 0 Å². The van der Waals surface area contributed by atoms with Crippen LogP contribution in [0.15, 0.2) is 30.3 Å². The Labute approximate surface area is 75.2 Å². The largest absolute Gasteiger partial charge is 0.567 e. The minimum absolute atomic E-state index is 0.0790. The van der Waals surface area contributed by atoms with Gasteiger partial charge in [-0.05, 0) is 19.2 Å². The van der Waals surface area contributed by atoms with Gasteiger partial charge >= 0.3 is 7.11 Å². The molecular weight excluding hydrogens is 178 g/mol. The van der Waals surface area contributed by atoms with Crippen LogP contribution in [0.25, 0.3) is 0 Å². The molecule has 1 rings (SSSR count). The molecule has 0 fully saturated rings. The van der Waals surface area contributed by atoms with Crippen LogP contribution in [-0.4, -0.2) is 19.0 Å². The summed E-state index contributed by atoms with van der Waals surface area (Å²) < 4.78 is 36.4. The Hall–Kier alpha value is -0.965. The Morgan fingerprint density at radius 2 is 1.69 bits per heavy atom. The molecule has 0 radical (unpaired) electrons.